The number of hydrogen-bond acceptors (Lipinski definition) is 2. The first-order chi connectivity index (χ1) is 8.76. The number of amides is 1. The summed E-state index contributed by atoms with van der Waals surface area (Å²) in [5, 5.41) is 3.27. The molecule has 1 aromatic rings. The van der Waals surface area contributed by atoms with E-state index in [4.69, 9.17) is 0 Å². The molecular weight excluding hydrogens is 224 g/mol. The third-order valence-corrected chi connectivity index (χ3v) is 3.08. The summed E-state index contributed by atoms with van der Waals surface area (Å²) in [6.45, 7) is 8.48. The van der Waals surface area contributed by atoms with E-state index in [0.717, 1.165) is 12.1 Å². The molecule has 1 aliphatic heterocycles. The molecule has 1 amide bonds. The van der Waals surface area contributed by atoms with Crippen molar-refractivity contribution in [2.24, 2.45) is 0 Å². The number of anilines is 1. The topological polar surface area (TPSA) is 32.3 Å². The average Bonchev–Trinajstić information content (AvgIpc) is 2.81. The first-order valence-corrected chi connectivity index (χ1v) is 6.11. The summed E-state index contributed by atoms with van der Waals surface area (Å²) in [4.78, 5) is 14.1. The molecule has 0 fully saturated rings. The molecule has 1 unspecified atom stereocenters. The minimum atomic E-state index is -0.165. The molecule has 3 heteroatoms. The molecule has 1 atom stereocenters. The van der Waals surface area contributed by atoms with Gasteiger partial charge in [0.25, 0.3) is 0 Å². The summed E-state index contributed by atoms with van der Waals surface area (Å²) in [7, 11) is 0. The van der Waals surface area contributed by atoms with Crippen LogP contribution in [-0.4, -0.2) is 29.9 Å². The molecule has 1 aromatic carbocycles. The van der Waals surface area contributed by atoms with Crippen LogP contribution < -0.4 is 5.32 Å². The fraction of sp³-hybridized carbons (Fsp3) is 0.267. The van der Waals surface area contributed by atoms with E-state index >= 15 is 0 Å². The molecule has 0 aromatic heterocycles. The second-order valence-corrected chi connectivity index (χ2v) is 4.38. The Labute approximate surface area is 108 Å². The van der Waals surface area contributed by atoms with Crippen LogP contribution in [0.2, 0.25) is 0 Å². The van der Waals surface area contributed by atoms with Gasteiger partial charge in [0.05, 0.1) is 0 Å². The minimum absolute atomic E-state index is 0.103. The highest BCUT2D eigenvalue weighted by atomic mass is 16.2. The van der Waals surface area contributed by atoms with Crippen molar-refractivity contribution < 1.29 is 4.79 Å². The fourth-order valence-corrected chi connectivity index (χ4v) is 2.23. The summed E-state index contributed by atoms with van der Waals surface area (Å²) in [6, 6.07) is 7.87. The number of para-hydroxylation sites is 1. The van der Waals surface area contributed by atoms with Crippen molar-refractivity contribution in [1.29, 1.82) is 0 Å². The zero-order valence-electron chi connectivity index (χ0n) is 10.4. The van der Waals surface area contributed by atoms with E-state index in [2.05, 4.69) is 24.5 Å². The molecular formula is C15H18N2O. The van der Waals surface area contributed by atoms with Crippen LogP contribution in [0.1, 0.15) is 5.56 Å². The van der Waals surface area contributed by atoms with E-state index in [1.54, 1.807) is 17.1 Å². The van der Waals surface area contributed by atoms with Crippen molar-refractivity contribution in [3.8, 4) is 0 Å². The number of benzene rings is 1. The van der Waals surface area contributed by atoms with Crippen molar-refractivity contribution in [2.45, 2.75) is 12.5 Å². The summed E-state index contributed by atoms with van der Waals surface area (Å²) in [5.41, 5.74) is 2.26. The van der Waals surface area contributed by atoms with Crippen LogP contribution in [-0.2, 0) is 11.2 Å². The Hall–Kier alpha value is -2.03. The van der Waals surface area contributed by atoms with Crippen molar-refractivity contribution in [2.75, 3.05) is 18.4 Å². The Morgan fingerprint density at radius 3 is 2.61 bits per heavy atom. The molecule has 0 radical (unpaired) electrons. The lowest BCUT2D eigenvalue weighted by molar-refractivity contribution is -0.130. The van der Waals surface area contributed by atoms with E-state index in [1.165, 1.54) is 5.56 Å². The van der Waals surface area contributed by atoms with Gasteiger partial charge in [0.1, 0.15) is 6.04 Å². The Bertz CT molecular complexity index is 432. The summed E-state index contributed by atoms with van der Waals surface area (Å²) >= 11 is 0. The lowest BCUT2D eigenvalue weighted by Gasteiger charge is -2.23. The van der Waals surface area contributed by atoms with Gasteiger partial charge in [0.15, 0.2) is 0 Å². The molecule has 94 valence electrons. The van der Waals surface area contributed by atoms with Gasteiger partial charge < -0.3 is 10.2 Å². The Kier molecular flexibility index (Phi) is 3.82. The van der Waals surface area contributed by atoms with Gasteiger partial charge >= 0.3 is 0 Å². The lowest BCUT2D eigenvalue weighted by atomic mass is 10.1. The second-order valence-electron chi connectivity index (χ2n) is 4.38. The van der Waals surface area contributed by atoms with Gasteiger partial charge in [-0.1, -0.05) is 30.4 Å². The lowest BCUT2D eigenvalue weighted by Crippen LogP contribution is -2.42. The number of nitrogens with one attached hydrogen (secondary N) is 1. The highest BCUT2D eigenvalue weighted by Crippen LogP contribution is 2.25. The maximum atomic E-state index is 12.4. The number of carbonyl (C=O) groups is 1. The second kappa shape index (κ2) is 5.54. The predicted molar refractivity (Wildman–Crippen MR) is 74.5 cm³/mol. The van der Waals surface area contributed by atoms with Gasteiger partial charge in [-0.2, -0.15) is 0 Å². The molecule has 18 heavy (non-hydrogen) atoms. The molecule has 0 bridgehead atoms. The van der Waals surface area contributed by atoms with Gasteiger partial charge in [-0.15, -0.1) is 13.2 Å². The first kappa shape index (κ1) is 12.4. The molecule has 3 nitrogen and oxygen atoms in total. The number of hydrogen-bond donors (Lipinski definition) is 1. The van der Waals surface area contributed by atoms with E-state index in [-0.39, 0.29) is 11.9 Å². The Balaban J connectivity index is 2.07. The highest BCUT2D eigenvalue weighted by molar-refractivity contribution is 5.87. The average molecular weight is 242 g/mol. The van der Waals surface area contributed by atoms with Crippen molar-refractivity contribution in [3.05, 3.63) is 55.1 Å². The van der Waals surface area contributed by atoms with E-state index < -0.39 is 0 Å². The minimum Gasteiger partial charge on any atom is -0.373 e. The Morgan fingerprint density at radius 1 is 1.33 bits per heavy atom. The molecule has 0 saturated heterocycles. The summed E-state index contributed by atoms with van der Waals surface area (Å²) in [6.07, 6.45) is 4.23. The van der Waals surface area contributed by atoms with Crippen LogP contribution in [0.5, 0.6) is 0 Å². The molecule has 1 heterocycles. The number of rotatable bonds is 5. The van der Waals surface area contributed by atoms with Crippen LogP contribution in [0.25, 0.3) is 0 Å². The Morgan fingerprint density at radius 2 is 2.00 bits per heavy atom. The van der Waals surface area contributed by atoms with Gasteiger partial charge in [-0.25, -0.2) is 0 Å². The molecule has 0 aliphatic carbocycles. The van der Waals surface area contributed by atoms with Crippen LogP contribution in [0.3, 0.4) is 0 Å². The van der Waals surface area contributed by atoms with E-state index in [0.29, 0.717) is 13.1 Å². The SMILES string of the molecule is C=CCN(CC=C)C(=O)C1Cc2ccccc2N1. The molecule has 1 N–H and O–H groups in total. The summed E-state index contributed by atoms with van der Waals surface area (Å²) < 4.78 is 0. The smallest absolute Gasteiger partial charge is 0.245 e. The third kappa shape index (κ3) is 2.45. The van der Waals surface area contributed by atoms with E-state index in [9.17, 15) is 4.79 Å². The van der Waals surface area contributed by atoms with Crippen molar-refractivity contribution >= 4 is 11.6 Å². The third-order valence-electron chi connectivity index (χ3n) is 3.08. The molecule has 0 spiro atoms. The van der Waals surface area contributed by atoms with Crippen molar-refractivity contribution in [1.82, 2.24) is 4.90 Å². The van der Waals surface area contributed by atoms with Crippen molar-refractivity contribution in [3.63, 3.8) is 0 Å². The van der Waals surface area contributed by atoms with Gasteiger partial charge in [0.2, 0.25) is 5.91 Å². The van der Waals surface area contributed by atoms with E-state index in [1.807, 2.05) is 18.2 Å². The van der Waals surface area contributed by atoms with Crippen LogP contribution in [0.4, 0.5) is 5.69 Å². The largest absolute Gasteiger partial charge is 0.373 e. The zero-order chi connectivity index (χ0) is 13.0. The predicted octanol–water partition coefficient (Wildman–Crippen LogP) is 2.22. The highest BCUT2D eigenvalue weighted by Gasteiger charge is 2.28. The van der Waals surface area contributed by atoms with Crippen LogP contribution in [0.15, 0.2) is 49.6 Å². The zero-order valence-corrected chi connectivity index (χ0v) is 10.4. The fourth-order valence-electron chi connectivity index (χ4n) is 2.23. The maximum absolute atomic E-state index is 12.4. The number of carbonyl (C=O) groups excluding carboxylic acids is 1. The maximum Gasteiger partial charge on any atom is 0.245 e. The van der Waals surface area contributed by atoms with Crippen LogP contribution in [0, 0.1) is 0 Å². The first-order valence-electron chi connectivity index (χ1n) is 6.11. The van der Waals surface area contributed by atoms with Crippen LogP contribution >= 0.6 is 0 Å². The summed E-state index contributed by atoms with van der Waals surface area (Å²) in [5.74, 6) is 0.103. The monoisotopic (exact) mass is 242 g/mol. The quantitative estimate of drug-likeness (QED) is 0.803. The van der Waals surface area contributed by atoms with Gasteiger partial charge in [-0.3, -0.25) is 4.79 Å². The molecule has 2 rings (SSSR count). The standard InChI is InChI=1S/C15H18N2O/c1-3-9-17(10-4-2)15(18)14-11-12-7-5-6-8-13(12)16-14/h3-8,14,16H,1-2,9-11H2. The number of fused-ring (bicyclic) bond motifs is 1. The van der Waals surface area contributed by atoms with Gasteiger partial charge in [-0.05, 0) is 11.6 Å². The van der Waals surface area contributed by atoms with Gasteiger partial charge in [0, 0.05) is 25.2 Å². The number of nitrogens with zero attached hydrogens (tertiary/aromatic N) is 1. The molecule has 1 aliphatic rings. The normalized spacial score (nSPS) is 16.6. The molecule has 0 saturated carbocycles.